The zero-order valence-electron chi connectivity index (χ0n) is 21.9. The summed E-state index contributed by atoms with van der Waals surface area (Å²) in [6.07, 6.45) is 1.31. The maximum Gasteiger partial charge on any atom is 0.243 e. The molecule has 0 saturated carbocycles. The van der Waals surface area contributed by atoms with Crippen molar-refractivity contribution in [1.29, 1.82) is 0 Å². The topological polar surface area (TPSA) is 49.4 Å². The number of nitrogens with one attached hydrogen (secondary N) is 1. The Morgan fingerprint density at radius 1 is 0.861 bits per heavy atom. The highest BCUT2D eigenvalue weighted by atomic mass is 32.2. The van der Waals surface area contributed by atoms with Crippen molar-refractivity contribution in [2.24, 2.45) is 0 Å². The number of nitrogens with zero attached hydrogens (tertiary/aromatic N) is 1. The third-order valence-corrected chi connectivity index (χ3v) is 7.23. The number of amides is 2. The predicted molar refractivity (Wildman–Crippen MR) is 151 cm³/mol. The van der Waals surface area contributed by atoms with E-state index in [-0.39, 0.29) is 17.9 Å². The lowest BCUT2D eigenvalue weighted by atomic mass is 10.0. The van der Waals surface area contributed by atoms with E-state index in [2.05, 4.69) is 37.4 Å². The Morgan fingerprint density at radius 2 is 1.44 bits per heavy atom. The molecule has 4 nitrogen and oxygen atoms in total. The summed E-state index contributed by atoms with van der Waals surface area (Å²) in [6, 6.07) is 25.8. The van der Waals surface area contributed by atoms with E-state index in [1.807, 2.05) is 74.5 Å². The van der Waals surface area contributed by atoms with Crippen LogP contribution in [0, 0.1) is 13.8 Å². The molecule has 0 saturated heterocycles. The number of hydrogen-bond acceptors (Lipinski definition) is 3. The van der Waals surface area contributed by atoms with Crippen LogP contribution in [0.25, 0.3) is 0 Å². The number of thioether (sulfide) groups is 1. The Morgan fingerprint density at radius 3 is 2.03 bits per heavy atom. The van der Waals surface area contributed by atoms with Crippen LogP contribution < -0.4 is 5.32 Å². The second-order valence-electron chi connectivity index (χ2n) is 9.52. The van der Waals surface area contributed by atoms with Crippen molar-refractivity contribution in [3.63, 3.8) is 0 Å². The van der Waals surface area contributed by atoms with Gasteiger partial charge in [0.1, 0.15) is 6.04 Å². The molecule has 0 aliphatic carbocycles. The van der Waals surface area contributed by atoms with Crippen LogP contribution in [-0.4, -0.2) is 34.6 Å². The highest BCUT2D eigenvalue weighted by molar-refractivity contribution is 7.99. The molecule has 3 rings (SSSR count). The van der Waals surface area contributed by atoms with Crippen LogP contribution in [0.1, 0.15) is 48.1 Å². The molecule has 190 valence electrons. The highest BCUT2D eigenvalue weighted by Gasteiger charge is 2.30. The third kappa shape index (κ3) is 8.56. The van der Waals surface area contributed by atoms with Gasteiger partial charge in [-0.1, -0.05) is 96.9 Å². The predicted octanol–water partition coefficient (Wildman–Crippen LogP) is 6.09. The molecule has 5 heteroatoms. The fourth-order valence-corrected chi connectivity index (χ4v) is 5.11. The van der Waals surface area contributed by atoms with Crippen LogP contribution in [-0.2, 0) is 28.3 Å². The van der Waals surface area contributed by atoms with E-state index >= 15 is 0 Å². The molecule has 0 heterocycles. The van der Waals surface area contributed by atoms with Crippen molar-refractivity contribution in [1.82, 2.24) is 10.2 Å². The van der Waals surface area contributed by atoms with Gasteiger partial charge in [0.2, 0.25) is 11.8 Å². The molecule has 2 atom stereocenters. The third-order valence-electron chi connectivity index (χ3n) is 6.24. The average Bonchev–Trinajstić information content (AvgIpc) is 2.86. The molecule has 0 aromatic heterocycles. The van der Waals surface area contributed by atoms with E-state index in [9.17, 15) is 9.59 Å². The zero-order chi connectivity index (χ0) is 25.9. The molecule has 0 unspecified atom stereocenters. The molecule has 0 bridgehead atoms. The summed E-state index contributed by atoms with van der Waals surface area (Å²) in [5.41, 5.74) is 5.73. The minimum Gasteiger partial charge on any atom is -0.352 e. The van der Waals surface area contributed by atoms with Crippen LogP contribution >= 0.6 is 11.8 Å². The van der Waals surface area contributed by atoms with Crippen LogP contribution in [0.5, 0.6) is 0 Å². The zero-order valence-corrected chi connectivity index (χ0v) is 22.7. The molecule has 0 fully saturated rings. The van der Waals surface area contributed by atoms with Gasteiger partial charge < -0.3 is 10.2 Å². The fraction of sp³-hybridized carbons (Fsp3) is 0.355. The van der Waals surface area contributed by atoms with Crippen molar-refractivity contribution in [2.75, 3.05) is 5.75 Å². The van der Waals surface area contributed by atoms with Gasteiger partial charge in [0.05, 0.1) is 5.75 Å². The maximum atomic E-state index is 13.7. The molecule has 3 aromatic rings. The minimum atomic E-state index is -0.587. The monoisotopic (exact) mass is 502 g/mol. The van der Waals surface area contributed by atoms with E-state index in [0.717, 1.165) is 23.3 Å². The quantitative estimate of drug-likeness (QED) is 0.326. The van der Waals surface area contributed by atoms with Gasteiger partial charge in [0.15, 0.2) is 0 Å². The first-order valence-corrected chi connectivity index (χ1v) is 13.8. The Hall–Kier alpha value is -3.05. The summed E-state index contributed by atoms with van der Waals surface area (Å²) < 4.78 is 0. The first-order valence-electron chi connectivity index (χ1n) is 12.7. The van der Waals surface area contributed by atoms with Crippen LogP contribution in [0.3, 0.4) is 0 Å². The fourth-order valence-electron chi connectivity index (χ4n) is 4.27. The summed E-state index contributed by atoms with van der Waals surface area (Å²) in [5.74, 6) is 0.961. The SMILES string of the molecule is CC[C@H](C)NC(=O)[C@@H](Cc1ccccc1)N(Cc1ccccc1)C(=O)CSCc1cc(C)cc(C)c1. The minimum absolute atomic E-state index is 0.0199. The molecule has 0 radical (unpaired) electrons. The van der Waals surface area contributed by atoms with Crippen LogP contribution in [0.2, 0.25) is 0 Å². The lowest BCUT2D eigenvalue weighted by Crippen LogP contribution is -2.52. The normalized spacial score (nSPS) is 12.6. The standard InChI is InChI=1S/C31H38N2O2S/c1-5-25(4)32-31(35)29(19-26-12-8-6-9-13-26)33(20-27-14-10-7-11-15-27)30(34)22-36-21-28-17-23(2)16-24(3)18-28/h6-18,25,29H,5,19-22H2,1-4H3,(H,32,35)/t25-,29+/m0/s1. The Balaban J connectivity index is 1.83. The van der Waals surface area contributed by atoms with Crippen LogP contribution in [0.15, 0.2) is 78.9 Å². The summed E-state index contributed by atoms with van der Waals surface area (Å²) >= 11 is 1.60. The van der Waals surface area contributed by atoms with Crippen molar-refractivity contribution in [3.05, 3.63) is 107 Å². The van der Waals surface area contributed by atoms with E-state index in [1.165, 1.54) is 16.7 Å². The van der Waals surface area contributed by atoms with E-state index in [0.29, 0.717) is 18.7 Å². The Bertz CT molecular complexity index is 1100. The Labute approximate surface area is 220 Å². The van der Waals surface area contributed by atoms with Crippen molar-refractivity contribution >= 4 is 23.6 Å². The number of carbonyl (C=O) groups excluding carboxylic acids is 2. The molecule has 3 aromatic carbocycles. The number of aryl methyl sites for hydroxylation is 2. The summed E-state index contributed by atoms with van der Waals surface area (Å²) in [7, 11) is 0. The second-order valence-corrected chi connectivity index (χ2v) is 10.5. The molecule has 2 amide bonds. The van der Waals surface area contributed by atoms with Gasteiger partial charge in [-0.05, 0) is 43.9 Å². The van der Waals surface area contributed by atoms with Gasteiger partial charge in [0.25, 0.3) is 0 Å². The molecule has 0 aliphatic rings. The van der Waals surface area contributed by atoms with Gasteiger partial charge in [-0.15, -0.1) is 11.8 Å². The largest absolute Gasteiger partial charge is 0.352 e. The summed E-state index contributed by atoms with van der Waals surface area (Å²) in [5, 5.41) is 3.13. The van der Waals surface area contributed by atoms with Crippen LogP contribution in [0.4, 0.5) is 0 Å². The number of rotatable bonds is 12. The lowest BCUT2D eigenvalue weighted by molar-refractivity contribution is -0.139. The summed E-state index contributed by atoms with van der Waals surface area (Å²) in [4.78, 5) is 29.0. The van der Waals surface area contributed by atoms with Gasteiger partial charge in [0, 0.05) is 24.8 Å². The maximum absolute atomic E-state index is 13.7. The van der Waals surface area contributed by atoms with Crippen molar-refractivity contribution in [3.8, 4) is 0 Å². The van der Waals surface area contributed by atoms with Gasteiger partial charge in [-0.25, -0.2) is 0 Å². The summed E-state index contributed by atoms with van der Waals surface area (Å²) in [6.45, 7) is 8.64. The molecule has 36 heavy (non-hydrogen) atoms. The molecular formula is C31H38N2O2S. The first kappa shape index (κ1) is 27.5. The van der Waals surface area contributed by atoms with E-state index in [4.69, 9.17) is 0 Å². The van der Waals surface area contributed by atoms with Gasteiger partial charge in [-0.3, -0.25) is 9.59 Å². The van der Waals surface area contributed by atoms with Crippen molar-refractivity contribution in [2.45, 2.75) is 64.9 Å². The number of benzene rings is 3. The molecule has 1 N–H and O–H groups in total. The second kappa shape index (κ2) is 13.9. The average molecular weight is 503 g/mol. The van der Waals surface area contributed by atoms with E-state index < -0.39 is 6.04 Å². The molecule has 0 aliphatic heterocycles. The van der Waals surface area contributed by atoms with Gasteiger partial charge in [-0.2, -0.15) is 0 Å². The Kier molecular flexibility index (Phi) is 10.6. The highest BCUT2D eigenvalue weighted by Crippen LogP contribution is 2.20. The van der Waals surface area contributed by atoms with Crippen molar-refractivity contribution < 1.29 is 9.59 Å². The first-order chi connectivity index (χ1) is 17.4. The lowest BCUT2D eigenvalue weighted by Gasteiger charge is -2.32. The molecular weight excluding hydrogens is 464 g/mol. The number of hydrogen-bond donors (Lipinski definition) is 1. The number of carbonyl (C=O) groups is 2. The van der Waals surface area contributed by atoms with E-state index in [1.54, 1.807) is 16.7 Å². The smallest absolute Gasteiger partial charge is 0.243 e. The molecule has 0 spiro atoms. The van der Waals surface area contributed by atoms with Gasteiger partial charge >= 0.3 is 0 Å².